The summed E-state index contributed by atoms with van der Waals surface area (Å²) in [5.74, 6) is 0.866. The minimum atomic E-state index is -3.81. The van der Waals surface area contributed by atoms with Gasteiger partial charge in [0.05, 0.1) is 5.69 Å². The van der Waals surface area contributed by atoms with Crippen molar-refractivity contribution in [3.05, 3.63) is 39.4 Å². The van der Waals surface area contributed by atoms with Gasteiger partial charge < -0.3 is 0 Å². The molecule has 2 N–H and O–H groups in total. The predicted octanol–water partition coefficient (Wildman–Crippen LogP) is 1.54. The van der Waals surface area contributed by atoms with Gasteiger partial charge in [0.25, 0.3) is 21.4 Å². The molecule has 0 aliphatic heterocycles. The van der Waals surface area contributed by atoms with Crippen LogP contribution < -0.4 is 10.3 Å². The fourth-order valence-corrected chi connectivity index (χ4v) is 4.24. The lowest BCUT2D eigenvalue weighted by molar-refractivity contribution is 0.603. The van der Waals surface area contributed by atoms with E-state index < -0.39 is 15.6 Å². The Morgan fingerprint density at radius 3 is 2.83 bits per heavy atom. The fourth-order valence-electron chi connectivity index (χ4n) is 2.13. The van der Waals surface area contributed by atoms with E-state index in [-0.39, 0.29) is 21.4 Å². The number of aromatic nitrogens is 4. The number of H-pyrrole nitrogens is 1. The highest BCUT2D eigenvalue weighted by atomic mass is 32.2. The van der Waals surface area contributed by atoms with Gasteiger partial charge in [-0.25, -0.2) is 13.4 Å². The molecule has 8 nitrogen and oxygen atoms in total. The van der Waals surface area contributed by atoms with Crippen LogP contribution in [0.15, 0.2) is 26.5 Å². The Kier molecular flexibility index (Phi) is 3.94. The summed E-state index contributed by atoms with van der Waals surface area (Å²) in [6, 6.07) is 3.10. The first-order valence-corrected chi connectivity index (χ1v) is 9.33. The highest BCUT2D eigenvalue weighted by Gasteiger charge is 2.21. The molecule has 0 bridgehead atoms. The van der Waals surface area contributed by atoms with Crippen molar-refractivity contribution in [3.8, 4) is 0 Å². The Hall–Kier alpha value is -2.20. The summed E-state index contributed by atoms with van der Waals surface area (Å²) < 4.78 is 28.2. The van der Waals surface area contributed by atoms with Crippen molar-refractivity contribution in [2.24, 2.45) is 0 Å². The van der Waals surface area contributed by atoms with Crippen molar-refractivity contribution in [1.29, 1.82) is 0 Å². The van der Waals surface area contributed by atoms with Gasteiger partial charge in [0.15, 0.2) is 0 Å². The molecule has 0 atom stereocenters. The molecule has 0 aliphatic carbocycles. The molecule has 0 fully saturated rings. The van der Waals surface area contributed by atoms with Crippen LogP contribution in [0.3, 0.4) is 0 Å². The molecule has 122 valence electrons. The van der Waals surface area contributed by atoms with Gasteiger partial charge in [0.2, 0.25) is 0 Å². The third-order valence-electron chi connectivity index (χ3n) is 3.21. The minimum Gasteiger partial charge on any atom is -0.275 e. The molecular formula is C13H15N5O3S2. The molecule has 3 heterocycles. The van der Waals surface area contributed by atoms with Gasteiger partial charge in [0, 0.05) is 6.42 Å². The zero-order valence-corrected chi connectivity index (χ0v) is 14.2. The van der Waals surface area contributed by atoms with E-state index in [1.54, 1.807) is 18.4 Å². The largest absolute Gasteiger partial charge is 0.298 e. The molecule has 3 rings (SSSR count). The van der Waals surface area contributed by atoms with Crippen molar-refractivity contribution in [2.75, 3.05) is 4.72 Å². The van der Waals surface area contributed by atoms with Crippen LogP contribution in [0.25, 0.3) is 5.78 Å². The van der Waals surface area contributed by atoms with E-state index in [9.17, 15) is 13.2 Å². The Labute approximate surface area is 136 Å². The third kappa shape index (κ3) is 2.86. The number of thiophene rings is 1. The molecule has 0 aromatic carbocycles. The lowest BCUT2D eigenvalue weighted by Crippen LogP contribution is -2.25. The van der Waals surface area contributed by atoms with E-state index in [4.69, 9.17) is 0 Å². The van der Waals surface area contributed by atoms with Crippen LogP contribution in [-0.2, 0) is 16.4 Å². The normalized spacial score (nSPS) is 11.9. The molecule has 10 heteroatoms. The average Bonchev–Trinajstić information content (AvgIpc) is 3.13. The minimum absolute atomic E-state index is 0.0809. The molecule has 0 amide bonds. The first-order valence-electron chi connectivity index (χ1n) is 6.97. The highest BCUT2D eigenvalue weighted by molar-refractivity contribution is 7.94. The van der Waals surface area contributed by atoms with Crippen molar-refractivity contribution in [2.45, 2.75) is 30.9 Å². The quantitative estimate of drug-likeness (QED) is 0.723. The van der Waals surface area contributed by atoms with E-state index >= 15 is 0 Å². The number of aryl methyl sites for hydroxylation is 2. The summed E-state index contributed by atoms with van der Waals surface area (Å²) in [6.07, 6.45) is 1.55. The number of anilines is 1. The van der Waals surface area contributed by atoms with Crippen molar-refractivity contribution in [3.63, 3.8) is 0 Å². The van der Waals surface area contributed by atoms with Crippen molar-refractivity contribution < 1.29 is 8.42 Å². The molecule has 3 aromatic rings. The topological polar surface area (TPSA) is 109 Å². The average molecular weight is 353 g/mol. The van der Waals surface area contributed by atoms with Gasteiger partial charge in [-0.05, 0) is 24.8 Å². The number of sulfonamides is 1. The maximum atomic E-state index is 12.5. The Bertz CT molecular complexity index is 1000. The van der Waals surface area contributed by atoms with Gasteiger partial charge in [0.1, 0.15) is 15.7 Å². The molecule has 0 saturated carbocycles. The highest BCUT2D eigenvalue weighted by Crippen LogP contribution is 2.19. The van der Waals surface area contributed by atoms with Crippen LogP contribution in [0.1, 0.15) is 24.9 Å². The smallest absolute Gasteiger partial charge is 0.275 e. The Balaban J connectivity index is 2.09. The summed E-state index contributed by atoms with van der Waals surface area (Å²) >= 11 is 1.08. The van der Waals surface area contributed by atoms with Gasteiger partial charge in [-0.2, -0.15) is 9.50 Å². The standard InChI is InChI=1S/C13H15N5O3S2/c1-3-5-9-15-13-14-8(2)11(12(19)18(13)16-9)17-23(20,21)10-6-4-7-22-10/h4,6-7,17H,3,5H2,1-2H3,(H,14,15,16). The van der Waals surface area contributed by atoms with Crippen molar-refractivity contribution in [1.82, 2.24) is 19.6 Å². The maximum Gasteiger partial charge on any atom is 0.298 e. The SMILES string of the molecule is CCCc1nc2nc(C)c(NS(=O)(=O)c3cccs3)c(=O)n2[nH]1. The lowest BCUT2D eigenvalue weighted by Gasteiger charge is -2.07. The Morgan fingerprint density at radius 1 is 1.39 bits per heavy atom. The molecule has 0 unspecified atom stereocenters. The predicted molar refractivity (Wildman–Crippen MR) is 87.5 cm³/mol. The second-order valence-corrected chi connectivity index (χ2v) is 7.83. The van der Waals surface area contributed by atoms with E-state index in [0.29, 0.717) is 12.2 Å². The fraction of sp³-hybridized carbons (Fsp3) is 0.308. The number of rotatable bonds is 5. The van der Waals surface area contributed by atoms with Gasteiger partial charge >= 0.3 is 0 Å². The summed E-state index contributed by atoms with van der Waals surface area (Å²) in [6.45, 7) is 3.57. The molecule has 0 radical (unpaired) electrons. The molecule has 3 aromatic heterocycles. The zero-order chi connectivity index (χ0) is 16.6. The lowest BCUT2D eigenvalue weighted by atomic mass is 10.3. The van der Waals surface area contributed by atoms with E-state index in [1.807, 2.05) is 6.92 Å². The molecule has 23 heavy (non-hydrogen) atoms. The first-order chi connectivity index (χ1) is 10.9. The second kappa shape index (κ2) is 5.78. The molecule has 0 spiro atoms. The first kappa shape index (κ1) is 15.7. The molecule has 0 saturated heterocycles. The summed E-state index contributed by atoms with van der Waals surface area (Å²) in [5, 5.41) is 4.51. The van der Waals surface area contributed by atoms with Crippen LogP contribution in [0.4, 0.5) is 5.69 Å². The van der Waals surface area contributed by atoms with Crippen LogP contribution in [-0.4, -0.2) is 28.0 Å². The number of aromatic amines is 1. The van der Waals surface area contributed by atoms with Crippen LogP contribution in [0.5, 0.6) is 0 Å². The summed E-state index contributed by atoms with van der Waals surface area (Å²) in [7, 11) is -3.81. The Morgan fingerprint density at radius 2 is 2.17 bits per heavy atom. The van der Waals surface area contributed by atoms with E-state index in [0.717, 1.165) is 22.3 Å². The van der Waals surface area contributed by atoms with E-state index in [2.05, 4.69) is 19.8 Å². The van der Waals surface area contributed by atoms with Crippen LogP contribution >= 0.6 is 11.3 Å². The molecular weight excluding hydrogens is 338 g/mol. The monoisotopic (exact) mass is 353 g/mol. The number of fused-ring (bicyclic) bond motifs is 1. The van der Waals surface area contributed by atoms with Gasteiger partial charge in [-0.15, -0.1) is 11.3 Å². The van der Waals surface area contributed by atoms with Crippen LogP contribution in [0.2, 0.25) is 0 Å². The van der Waals surface area contributed by atoms with Gasteiger partial charge in [-0.1, -0.05) is 13.0 Å². The zero-order valence-electron chi connectivity index (χ0n) is 12.5. The maximum absolute atomic E-state index is 12.5. The number of nitrogens with zero attached hydrogens (tertiary/aromatic N) is 3. The number of hydrogen-bond donors (Lipinski definition) is 2. The molecule has 0 aliphatic rings. The van der Waals surface area contributed by atoms with Gasteiger partial charge in [-0.3, -0.25) is 14.6 Å². The number of hydrogen-bond acceptors (Lipinski definition) is 6. The third-order valence-corrected chi connectivity index (χ3v) is 5.95. The summed E-state index contributed by atoms with van der Waals surface area (Å²) in [4.78, 5) is 21.0. The van der Waals surface area contributed by atoms with E-state index in [1.165, 1.54) is 6.07 Å². The second-order valence-electron chi connectivity index (χ2n) is 4.97. The van der Waals surface area contributed by atoms with Crippen molar-refractivity contribution >= 4 is 32.8 Å². The number of nitrogens with one attached hydrogen (secondary N) is 2. The van der Waals surface area contributed by atoms with Crippen LogP contribution in [0, 0.1) is 6.92 Å². The summed E-state index contributed by atoms with van der Waals surface area (Å²) in [5.41, 5.74) is -0.324.